The minimum absolute atomic E-state index is 0. The molecule has 2 heterocycles. The molecule has 2 fully saturated rings. The van der Waals surface area contributed by atoms with Crippen molar-refractivity contribution >= 4 is 39.9 Å². The molecule has 1 N–H and O–H groups in total. The van der Waals surface area contributed by atoms with E-state index < -0.39 is 10.0 Å². The highest BCUT2D eigenvalue weighted by Crippen LogP contribution is 2.25. The monoisotopic (exact) mass is 423 g/mol. The Morgan fingerprint density at radius 1 is 1.23 bits per heavy atom. The summed E-state index contributed by atoms with van der Waals surface area (Å²) in [6.45, 7) is 3.27. The number of carbonyl (C=O) groups excluding carboxylic acids is 1. The van der Waals surface area contributed by atoms with Crippen LogP contribution in [0.1, 0.15) is 6.42 Å². The second kappa shape index (κ2) is 9.34. The smallest absolute Gasteiger partial charge is 0.244 e. The van der Waals surface area contributed by atoms with E-state index in [0.717, 1.165) is 6.54 Å². The number of halogens is 2. The van der Waals surface area contributed by atoms with Crippen LogP contribution in [0.2, 0.25) is 5.02 Å². The Morgan fingerprint density at radius 2 is 1.92 bits per heavy atom. The van der Waals surface area contributed by atoms with Gasteiger partial charge in [0.15, 0.2) is 0 Å². The highest BCUT2D eigenvalue weighted by Gasteiger charge is 2.32. The van der Waals surface area contributed by atoms with Crippen LogP contribution < -0.4 is 5.32 Å². The molecule has 10 heteroatoms. The maximum atomic E-state index is 12.7. The number of benzene rings is 1. The van der Waals surface area contributed by atoms with Crippen LogP contribution >= 0.6 is 24.0 Å². The molecule has 0 spiro atoms. The average molecular weight is 424 g/mol. The van der Waals surface area contributed by atoms with Crippen LogP contribution in [0, 0.1) is 0 Å². The Labute approximate surface area is 165 Å². The van der Waals surface area contributed by atoms with Gasteiger partial charge >= 0.3 is 0 Å². The first kappa shape index (κ1) is 21.4. The van der Waals surface area contributed by atoms with Gasteiger partial charge in [-0.2, -0.15) is 4.31 Å². The molecular weight excluding hydrogens is 401 g/mol. The van der Waals surface area contributed by atoms with Crippen molar-refractivity contribution in [1.29, 1.82) is 0 Å². The Balaban J connectivity index is 0.00000243. The van der Waals surface area contributed by atoms with Crippen molar-refractivity contribution < 1.29 is 17.9 Å². The van der Waals surface area contributed by atoms with E-state index in [-0.39, 0.29) is 47.4 Å². The van der Waals surface area contributed by atoms with Crippen LogP contribution in [-0.2, 0) is 19.6 Å². The van der Waals surface area contributed by atoms with Crippen molar-refractivity contribution in [3.8, 4) is 0 Å². The van der Waals surface area contributed by atoms with Gasteiger partial charge in [0, 0.05) is 45.2 Å². The molecule has 0 bridgehead atoms. The van der Waals surface area contributed by atoms with Gasteiger partial charge in [-0.25, -0.2) is 8.42 Å². The van der Waals surface area contributed by atoms with Crippen molar-refractivity contribution in [3.05, 3.63) is 29.3 Å². The molecule has 2 saturated heterocycles. The van der Waals surface area contributed by atoms with Gasteiger partial charge in [0.1, 0.15) is 4.90 Å². The predicted octanol–water partition coefficient (Wildman–Crippen LogP) is 0.973. The van der Waals surface area contributed by atoms with E-state index in [2.05, 4.69) is 5.32 Å². The number of rotatable bonds is 4. The number of carbonyl (C=O) groups is 1. The van der Waals surface area contributed by atoms with Gasteiger partial charge in [0.25, 0.3) is 0 Å². The van der Waals surface area contributed by atoms with Crippen LogP contribution in [-0.4, -0.2) is 75.5 Å². The molecule has 1 aromatic carbocycles. The zero-order valence-electron chi connectivity index (χ0n) is 14.3. The lowest BCUT2D eigenvalue weighted by molar-refractivity contribution is -0.133. The van der Waals surface area contributed by atoms with E-state index in [4.69, 9.17) is 16.3 Å². The maximum absolute atomic E-state index is 12.7. The summed E-state index contributed by atoms with van der Waals surface area (Å²) < 4.78 is 32.2. The van der Waals surface area contributed by atoms with Crippen molar-refractivity contribution in [1.82, 2.24) is 14.5 Å². The number of ether oxygens (including phenoxy) is 1. The van der Waals surface area contributed by atoms with Gasteiger partial charge < -0.3 is 15.0 Å². The fourth-order valence-corrected chi connectivity index (χ4v) is 4.98. The van der Waals surface area contributed by atoms with Gasteiger partial charge in [-0.3, -0.25) is 4.79 Å². The molecule has 2 aliphatic rings. The first-order valence-electron chi connectivity index (χ1n) is 8.32. The summed E-state index contributed by atoms with van der Waals surface area (Å²) in [5, 5.41) is 3.47. The van der Waals surface area contributed by atoms with Crippen LogP contribution in [0.25, 0.3) is 0 Å². The predicted molar refractivity (Wildman–Crippen MR) is 101 cm³/mol. The second-order valence-electron chi connectivity index (χ2n) is 6.15. The Morgan fingerprint density at radius 3 is 2.54 bits per heavy atom. The number of amides is 1. The summed E-state index contributed by atoms with van der Waals surface area (Å²) in [7, 11) is -3.64. The molecular formula is C16H23Cl2N3O4S. The van der Waals surface area contributed by atoms with Crippen LogP contribution in [0.5, 0.6) is 0 Å². The Hall–Kier alpha value is -0.900. The fourth-order valence-electron chi connectivity index (χ4n) is 3.06. The summed E-state index contributed by atoms with van der Waals surface area (Å²) in [5.74, 6) is 0.0257. The minimum atomic E-state index is -3.64. The lowest BCUT2D eigenvalue weighted by atomic mass is 10.1. The van der Waals surface area contributed by atoms with Crippen molar-refractivity contribution in [2.75, 3.05) is 45.9 Å². The Kier molecular flexibility index (Phi) is 7.69. The summed E-state index contributed by atoms with van der Waals surface area (Å²) in [5.41, 5.74) is 0. The SMILES string of the molecule is Cl.O=C(CC1COCCN1)N1CCN(S(=O)(=O)c2ccccc2Cl)CC1. The highest BCUT2D eigenvalue weighted by atomic mass is 35.5. The van der Waals surface area contributed by atoms with E-state index in [0.29, 0.717) is 32.7 Å². The molecule has 26 heavy (non-hydrogen) atoms. The largest absolute Gasteiger partial charge is 0.378 e. The quantitative estimate of drug-likeness (QED) is 0.780. The molecule has 0 aromatic heterocycles. The topological polar surface area (TPSA) is 79.0 Å². The van der Waals surface area contributed by atoms with Gasteiger partial charge in [-0.1, -0.05) is 23.7 Å². The molecule has 0 aliphatic carbocycles. The number of morpholine rings is 1. The zero-order valence-corrected chi connectivity index (χ0v) is 16.7. The molecule has 1 unspecified atom stereocenters. The zero-order chi connectivity index (χ0) is 17.9. The van der Waals surface area contributed by atoms with Crippen LogP contribution in [0.4, 0.5) is 0 Å². The van der Waals surface area contributed by atoms with E-state index in [9.17, 15) is 13.2 Å². The summed E-state index contributed by atoms with van der Waals surface area (Å²) in [4.78, 5) is 14.2. The van der Waals surface area contributed by atoms with E-state index in [1.54, 1.807) is 23.1 Å². The van der Waals surface area contributed by atoms with E-state index in [1.165, 1.54) is 10.4 Å². The molecule has 1 aromatic rings. The molecule has 0 saturated carbocycles. The average Bonchev–Trinajstić information content (AvgIpc) is 2.63. The summed E-state index contributed by atoms with van der Waals surface area (Å²) in [6.07, 6.45) is 0.372. The van der Waals surface area contributed by atoms with Crippen LogP contribution in [0.3, 0.4) is 0 Å². The van der Waals surface area contributed by atoms with E-state index >= 15 is 0 Å². The third kappa shape index (κ3) is 4.88. The maximum Gasteiger partial charge on any atom is 0.244 e. The molecule has 3 rings (SSSR count). The van der Waals surface area contributed by atoms with Crippen molar-refractivity contribution in [3.63, 3.8) is 0 Å². The number of nitrogens with one attached hydrogen (secondary N) is 1. The summed E-state index contributed by atoms with van der Waals surface area (Å²) >= 11 is 6.03. The molecule has 146 valence electrons. The lowest BCUT2D eigenvalue weighted by Gasteiger charge is -2.35. The van der Waals surface area contributed by atoms with Crippen molar-refractivity contribution in [2.45, 2.75) is 17.4 Å². The van der Waals surface area contributed by atoms with Gasteiger partial charge in [-0.15, -0.1) is 12.4 Å². The highest BCUT2D eigenvalue weighted by molar-refractivity contribution is 7.89. The van der Waals surface area contributed by atoms with E-state index in [1.807, 2.05) is 0 Å². The third-order valence-corrected chi connectivity index (χ3v) is 6.86. The second-order valence-corrected chi connectivity index (χ2v) is 8.46. The van der Waals surface area contributed by atoms with Gasteiger partial charge in [-0.05, 0) is 12.1 Å². The first-order valence-corrected chi connectivity index (χ1v) is 10.1. The normalized spacial score (nSPS) is 21.9. The molecule has 1 atom stereocenters. The minimum Gasteiger partial charge on any atom is -0.378 e. The third-order valence-electron chi connectivity index (χ3n) is 4.47. The Bertz CT molecular complexity index is 718. The number of nitrogens with zero attached hydrogens (tertiary/aromatic N) is 2. The fraction of sp³-hybridized carbons (Fsp3) is 0.562. The van der Waals surface area contributed by atoms with Crippen LogP contribution in [0.15, 0.2) is 29.2 Å². The molecule has 1 amide bonds. The molecule has 0 radical (unpaired) electrons. The van der Waals surface area contributed by atoms with Crippen molar-refractivity contribution in [2.24, 2.45) is 0 Å². The number of hydrogen-bond donors (Lipinski definition) is 1. The molecule has 7 nitrogen and oxygen atoms in total. The number of piperazine rings is 1. The standard InChI is InChI=1S/C16H22ClN3O4S.ClH/c17-14-3-1-2-4-15(14)25(22,23)20-8-6-19(7-9-20)16(21)11-13-12-24-10-5-18-13;/h1-4,13,18H,5-12H2;1H. The lowest BCUT2D eigenvalue weighted by Crippen LogP contribution is -2.52. The first-order chi connectivity index (χ1) is 12.0. The summed E-state index contributed by atoms with van der Waals surface area (Å²) in [6, 6.07) is 6.45. The van der Waals surface area contributed by atoms with Gasteiger partial charge in [0.05, 0.1) is 18.2 Å². The number of sulfonamides is 1. The number of hydrogen-bond acceptors (Lipinski definition) is 5. The molecule has 2 aliphatic heterocycles. The van der Waals surface area contributed by atoms with Gasteiger partial charge in [0.2, 0.25) is 15.9 Å².